The summed E-state index contributed by atoms with van der Waals surface area (Å²) in [5, 5.41) is 2.86. The molecule has 1 N–H and O–H groups in total. The van der Waals surface area contributed by atoms with Crippen LogP contribution in [-0.2, 0) is 14.3 Å². The van der Waals surface area contributed by atoms with E-state index in [9.17, 15) is 9.59 Å². The maximum atomic E-state index is 11.7. The Morgan fingerprint density at radius 2 is 2.21 bits per heavy atom. The lowest BCUT2D eigenvalue weighted by Gasteiger charge is -2.24. The lowest BCUT2D eigenvalue weighted by molar-refractivity contribution is -0.119. The van der Waals surface area contributed by atoms with Crippen molar-refractivity contribution in [3.05, 3.63) is 36.1 Å². The molecule has 0 saturated carbocycles. The van der Waals surface area contributed by atoms with Crippen LogP contribution in [0.3, 0.4) is 0 Å². The van der Waals surface area contributed by atoms with E-state index in [4.69, 9.17) is 4.74 Å². The van der Waals surface area contributed by atoms with Crippen LogP contribution in [0.4, 0.5) is 0 Å². The van der Waals surface area contributed by atoms with Gasteiger partial charge in [-0.1, -0.05) is 31.7 Å². The molecule has 0 heterocycles. The number of hydrogen-bond donors (Lipinski definition) is 1. The Hall–Kier alpha value is -1.84. The molecule has 0 saturated heterocycles. The number of nitrogens with one attached hydrogen (secondary N) is 1. The Bertz CT molecular complexity index is 435. The molecule has 1 rings (SSSR count). The number of rotatable bonds is 5. The first kappa shape index (κ1) is 15.2. The Kier molecular flexibility index (Phi) is 5.55. The molecule has 2 unspecified atom stereocenters. The molecule has 0 radical (unpaired) electrons. The van der Waals surface area contributed by atoms with Crippen molar-refractivity contribution >= 4 is 11.7 Å². The van der Waals surface area contributed by atoms with Gasteiger partial charge in [-0.15, -0.1) is 0 Å². The van der Waals surface area contributed by atoms with Crippen molar-refractivity contribution in [2.24, 2.45) is 5.92 Å². The first-order chi connectivity index (χ1) is 8.97. The lowest BCUT2D eigenvalue weighted by Crippen LogP contribution is -2.37. The maximum Gasteiger partial charge on any atom is 0.217 e. The van der Waals surface area contributed by atoms with Gasteiger partial charge in [0, 0.05) is 18.4 Å². The van der Waals surface area contributed by atoms with Crippen molar-refractivity contribution in [2.45, 2.75) is 33.2 Å². The van der Waals surface area contributed by atoms with Gasteiger partial charge in [-0.25, -0.2) is 0 Å². The highest BCUT2D eigenvalue weighted by Gasteiger charge is 2.27. The van der Waals surface area contributed by atoms with Crippen LogP contribution in [0, 0.1) is 5.92 Å². The number of ketones is 1. The summed E-state index contributed by atoms with van der Waals surface area (Å²) in [6, 6.07) is -0.158. The van der Waals surface area contributed by atoms with Crippen molar-refractivity contribution in [2.75, 3.05) is 6.61 Å². The summed E-state index contributed by atoms with van der Waals surface area (Å²) in [6.45, 7) is 8.92. The minimum absolute atomic E-state index is 0.000891. The summed E-state index contributed by atoms with van der Waals surface area (Å²) in [5.41, 5.74) is 0.665. The largest absolute Gasteiger partial charge is 0.493 e. The molecule has 19 heavy (non-hydrogen) atoms. The fourth-order valence-corrected chi connectivity index (χ4v) is 2.13. The minimum Gasteiger partial charge on any atom is -0.493 e. The number of allylic oxidation sites excluding steroid dienone is 2. The molecule has 1 aliphatic carbocycles. The summed E-state index contributed by atoms with van der Waals surface area (Å²) in [7, 11) is 0. The number of amides is 1. The Morgan fingerprint density at radius 1 is 1.53 bits per heavy atom. The van der Waals surface area contributed by atoms with Crippen molar-refractivity contribution in [3.63, 3.8) is 0 Å². The van der Waals surface area contributed by atoms with Gasteiger partial charge in [-0.2, -0.15) is 0 Å². The van der Waals surface area contributed by atoms with E-state index >= 15 is 0 Å². The third kappa shape index (κ3) is 4.09. The Balaban J connectivity index is 3.07. The van der Waals surface area contributed by atoms with E-state index < -0.39 is 0 Å². The van der Waals surface area contributed by atoms with Crippen molar-refractivity contribution in [3.8, 4) is 0 Å². The molecule has 2 atom stereocenters. The van der Waals surface area contributed by atoms with E-state index in [2.05, 4.69) is 11.9 Å². The minimum atomic E-state index is -0.158. The fourth-order valence-electron chi connectivity index (χ4n) is 2.13. The fraction of sp³-hybridized carbons (Fsp3) is 0.467. The zero-order chi connectivity index (χ0) is 14.4. The number of carbonyl (C=O) groups is 2. The van der Waals surface area contributed by atoms with Crippen LogP contribution in [-0.4, -0.2) is 24.3 Å². The molecule has 0 bridgehead atoms. The highest BCUT2D eigenvalue weighted by atomic mass is 16.5. The lowest BCUT2D eigenvalue weighted by atomic mass is 9.96. The summed E-state index contributed by atoms with van der Waals surface area (Å²) in [5.74, 6) is 0.465. The molecular weight excluding hydrogens is 242 g/mol. The average molecular weight is 263 g/mol. The van der Waals surface area contributed by atoms with Crippen LogP contribution < -0.4 is 5.32 Å². The van der Waals surface area contributed by atoms with E-state index in [1.54, 1.807) is 6.08 Å². The van der Waals surface area contributed by atoms with Crippen LogP contribution in [0.2, 0.25) is 0 Å². The van der Waals surface area contributed by atoms with Gasteiger partial charge in [0.1, 0.15) is 12.4 Å². The van der Waals surface area contributed by atoms with Gasteiger partial charge in [0.25, 0.3) is 0 Å². The zero-order valence-corrected chi connectivity index (χ0v) is 11.7. The highest BCUT2D eigenvalue weighted by Crippen LogP contribution is 2.27. The van der Waals surface area contributed by atoms with Crippen LogP contribution in [0.5, 0.6) is 0 Å². The van der Waals surface area contributed by atoms with Gasteiger partial charge < -0.3 is 10.1 Å². The molecule has 0 aromatic heterocycles. The second kappa shape index (κ2) is 6.92. The second-order valence-electron chi connectivity index (χ2n) is 4.65. The summed E-state index contributed by atoms with van der Waals surface area (Å²) in [6.07, 6.45) is 5.99. The maximum absolute atomic E-state index is 11.7. The zero-order valence-electron chi connectivity index (χ0n) is 11.7. The molecule has 104 valence electrons. The van der Waals surface area contributed by atoms with Crippen molar-refractivity contribution in [1.29, 1.82) is 0 Å². The average Bonchev–Trinajstić information content (AvgIpc) is 2.47. The molecule has 1 aliphatic rings. The molecule has 0 aromatic carbocycles. The first-order valence-corrected chi connectivity index (χ1v) is 6.38. The molecule has 1 amide bonds. The molecule has 0 aliphatic heterocycles. The molecule has 4 heteroatoms. The standard InChI is InChI=1S/C15H21NO3/c1-5-9-19-15-10(2)14(16-12(4)18)8-6-7-13(15)11(3)17/h5-6,8,10,14H,1,7,9H2,2-4H3,(H,16,18). The monoisotopic (exact) mass is 263 g/mol. The normalized spacial score (nSPS) is 22.7. The van der Waals surface area contributed by atoms with Crippen molar-refractivity contribution < 1.29 is 14.3 Å². The summed E-state index contributed by atoms with van der Waals surface area (Å²) < 4.78 is 5.66. The molecular formula is C15H21NO3. The number of Topliss-reactive ketones (excluding diaryl/α,β-unsaturated/α-hetero) is 1. The third-order valence-electron chi connectivity index (χ3n) is 3.07. The summed E-state index contributed by atoms with van der Waals surface area (Å²) >= 11 is 0. The SMILES string of the molecule is C=CCOC1=C(C(C)=O)CC=CC(NC(C)=O)C1C. The quantitative estimate of drug-likeness (QED) is 0.773. The van der Waals surface area contributed by atoms with Crippen LogP contribution in [0.1, 0.15) is 27.2 Å². The van der Waals surface area contributed by atoms with Crippen LogP contribution in [0.15, 0.2) is 36.1 Å². The van der Waals surface area contributed by atoms with Gasteiger partial charge in [0.2, 0.25) is 5.91 Å². The second-order valence-corrected chi connectivity index (χ2v) is 4.65. The summed E-state index contributed by atoms with van der Waals surface area (Å²) in [4.78, 5) is 22.9. The molecule has 0 spiro atoms. The van der Waals surface area contributed by atoms with Gasteiger partial charge >= 0.3 is 0 Å². The first-order valence-electron chi connectivity index (χ1n) is 6.38. The third-order valence-corrected chi connectivity index (χ3v) is 3.07. The predicted molar refractivity (Wildman–Crippen MR) is 74.4 cm³/mol. The van der Waals surface area contributed by atoms with Gasteiger partial charge in [0.05, 0.1) is 6.04 Å². The van der Waals surface area contributed by atoms with E-state index in [0.29, 0.717) is 24.4 Å². The Morgan fingerprint density at radius 3 is 2.74 bits per heavy atom. The smallest absolute Gasteiger partial charge is 0.217 e. The predicted octanol–water partition coefficient (Wildman–Crippen LogP) is 2.13. The van der Waals surface area contributed by atoms with Crippen LogP contribution >= 0.6 is 0 Å². The van der Waals surface area contributed by atoms with E-state index in [-0.39, 0.29) is 23.7 Å². The van der Waals surface area contributed by atoms with E-state index in [1.165, 1.54) is 13.8 Å². The van der Waals surface area contributed by atoms with Crippen LogP contribution in [0.25, 0.3) is 0 Å². The van der Waals surface area contributed by atoms with Gasteiger partial charge in [-0.05, 0) is 13.3 Å². The van der Waals surface area contributed by atoms with Gasteiger partial charge in [-0.3, -0.25) is 9.59 Å². The number of carbonyl (C=O) groups excluding carboxylic acids is 2. The number of hydrogen-bond acceptors (Lipinski definition) is 3. The van der Waals surface area contributed by atoms with Gasteiger partial charge in [0.15, 0.2) is 5.78 Å². The molecule has 0 aromatic rings. The van der Waals surface area contributed by atoms with E-state index in [1.807, 2.05) is 19.1 Å². The van der Waals surface area contributed by atoms with E-state index in [0.717, 1.165) is 0 Å². The highest BCUT2D eigenvalue weighted by molar-refractivity contribution is 5.94. The molecule has 0 fully saturated rings. The number of ether oxygens (including phenoxy) is 1. The molecule has 4 nitrogen and oxygen atoms in total. The Labute approximate surface area is 114 Å². The van der Waals surface area contributed by atoms with Crippen molar-refractivity contribution in [1.82, 2.24) is 5.32 Å². The topological polar surface area (TPSA) is 55.4 Å².